The monoisotopic (exact) mass is 194 g/mol. The first-order chi connectivity index (χ1) is 6.25. The van der Waals surface area contributed by atoms with E-state index >= 15 is 0 Å². The molecular weight excluding hydrogens is 188 g/mol. The molecule has 2 N–H and O–H groups in total. The van der Waals surface area contributed by atoms with Crippen LogP contribution in [0, 0.1) is 0 Å². The van der Waals surface area contributed by atoms with Crippen LogP contribution >= 0.6 is 11.6 Å². The fourth-order valence-electron chi connectivity index (χ4n) is 1.02. The average Bonchev–Trinajstić information content (AvgIpc) is 2.53. The van der Waals surface area contributed by atoms with E-state index in [0.29, 0.717) is 16.7 Å². The Bertz CT molecular complexity index is 390. The first-order valence-corrected chi connectivity index (χ1v) is 4.06. The van der Waals surface area contributed by atoms with Crippen molar-refractivity contribution in [2.45, 2.75) is 0 Å². The summed E-state index contributed by atoms with van der Waals surface area (Å²) in [6, 6.07) is 5.10. The van der Waals surface area contributed by atoms with E-state index in [2.05, 4.69) is 10.1 Å². The van der Waals surface area contributed by atoms with Crippen molar-refractivity contribution in [3.63, 3.8) is 0 Å². The van der Waals surface area contributed by atoms with Crippen LogP contribution in [0.3, 0.4) is 0 Å². The second-order valence-electron chi connectivity index (χ2n) is 2.53. The Morgan fingerprint density at radius 3 is 2.85 bits per heavy atom. The highest BCUT2D eigenvalue weighted by Crippen LogP contribution is 2.14. The topological polar surface area (TPSA) is 56.7 Å². The van der Waals surface area contributed by atoms with Crippen molar-refractivity contribution < 1.29 is 0 Å². The van der Waals surface area contributed by atoms with Gasteiger partial charge in [0.25, 0.3) is 0 Å². The lowest BCUT2D eigenvalue weighted by molar-refractivity contribution is 0.848. The molecule has 0 aliphatic heterocycles. The van der Waals surface area contributed by atoms with Crippen molar-refractivity contribution in [1.29, 1.82) is 0 Å². The molecule has 2 aromatic rings. The van der Waals surface area contributed by atoms with Crippen LogP contribution in [0.2, 0.25) is 5.15 Å². The quantitative estimate of drug-likeness (QED) is 0.700. The number of hydrogen-bond donors (Lipinski definition) is 1. The molecule has 0 radical (unpaired) electrons. The Morgan fingerprint density at radius 2 is 2.23 bits per heavy atom. The fraction of sp³-hybridized carbons (Fsp3) is 0. The zero-order valence-electron chi connectivity index (χ0n) is 6.68. The molecule has 0 unspecified atom stereocenters. The highest BCUT2D eigenvalue weighted by atomic mass is 35.5. The zero-order valence-corrected chi connectivity index (χ0v) is 7.44. The normalized spacial score (nSPS) is 10.2. The molecular formula is C8H7ClN4. The van der Waals surface area contributed by atoms with Gasteiger partial charge in [0.2, 0.25) is 0 Å². The standard InChI is InChI=1S/C8H7ClN4/c9-7-4-6(10)5-8(12-7)13-3-1-2-11-13/h1-5H,(H2,10,12). The predicted octanol–water partition coefficient (Wildman–Crippen LogP) is 1.50. The lowest BCUT2D eigenvalue weighted by Crippen LogP contribution is -1.99. The van der Waals surface area contributed by atoms with Crippen molar-refractivity contribution >= 4 is 17.3 Å². The van der Waals surface area contributed by atoms with E-state index in [4.69, 9.17) is 17.3 Å². The summed E-state index contributed by atoms with van der Waals surface area (Å²) in [5.74, 6) is 0.620. The number of anilines is 1. The second-order valence-corrected chi connectivity index (χ2v) is 2.92. The van der Waals surface area contributed by atoms with Gasteiger partial charge in [-0.2, -0.15) is 5.10 Å². The number of rotatable bonds is 1. The molecule has 2 rings (SSSR count). The number of nitrogens with two attached hydrogens (primary N) is 1. The van der Waals surface area contributed by atoms with Crippen LogP contribution in [0.25, 0.3) is 5.82 Å². The minimum Gasteiger partial charge on any atom is -0.399 e. The van der Waals surface area contributed by atoms with Crippen LogP contribution in [0.1, 0.15) is 0 Å². The van der Waals surface area contributed by atoms with Gasteiger partial charge in [0.1, 0.15) is 5.15 Å². The van der Waals surface area contributed by atoms with Gasteiger partial charge in [-0.25, -0.2) is 9.67 Å². The van der Waals surface area contributed by atoms with Crippen molar-refractivity contribution in [3.8, 4) is 5.82 Å². The van der Waals surface area contributed by atoms with E-state index in [1.807, 2.05) is 0 Å². The molecule has 0 fully saturated rings. The summed E-state index contributed by atoms with van der Waals surface area (Å²) < 4.78 is 1.60. The number of pyridine rings is 1. The third-order valence-electron chi connectivity index (χ3n) is 1.54. The number of aromatic nitrogens is 3. The summed E-state index contributed by atoms with van der Waals surface area (Å²) in [6.45, 7) is 0. The highest BCUT2D eigenvalue weighted by molar-refractivity contribution is 6.29. The summed E-state index contributed by atoms with van der Waals surface area (Å²) in [5, 5.41) is 4.37. The highest BCUT2D eigenvalue weighted by Gasteiger charge is 2.00. The van der Waals surface area contributed by atoms with Crippen molar-refractivity contribution in [1.82, 2.24) is 14.8 Å². The van der Waals surface area contributed by atoms with E-state index < -0.39 is 0 Å². The minimum atomic E-state index is 0.366. The Balaban J connectivity index is 2.53. The Kier molecular flexibility index (Phi) is 1.90. The summed E-state index contributed by atoms with van der Waals surface area (Å²) in [7, 11) is 0. The fourth-order valence-corrected chi connectivity index (χ4v) is 1.24. The smallest absolute Gasteiger partial charge is 0.157 e. The molecule has 4 nitrogen and oxygen atoms in total. The van der Waals surface area contributed by atoms with Gasteiger partial charge in [-0.3, -0.25) is 0 Å². The molecule has 2 aromatic heterocycles. The number of nitrogen functional groups attached to an aromatic ring is 1. The van der Waals surface area contributed by atoms with Gasteiger partial charge in [0, 0.05) is 24.1 Å². The van der Waals surface area contributed by atoms with E-state index in [0.717, 1.165) is 0 Å². The van der Waals surface area contributed by atoms with Gasteiger partial charge in [-0.1, -0.05) is 11.6 Å². The molecule has 0 aliphatic rings. The Labute approximate surface area is 80.0 Å². The maximum Gasteiger partial charge on any atom is 0.157 e. The first-order valence-electron chi connectivity index (χ1n) is 3.69. The molecule has 0 amide bonds. The lowest BCUT2D eigenvalue weighted by atomic mass is 10.4. The zero-order chi connectivity index (χ0) is 9.26. The summed E-state index contributed by atoms with van der Waals surface area (Å²) in [6.07, 6.45) is 3.44. The lowest BCUT2D eigenvalue weighted by Gasteiger charge is -2.01. The molecule has 2 heterocycles. The molecule has 0 atom stereocenters. The van der Waals surface area contributed by atoms with Crippen LogP contribution in [-0.2, 0) is 0 Å². The van der Waals surface area contributed by atoms with E-state index in [1.54, 1.807) is 35.3 Å². The molecule has 0 spiro atoms. The van der Waals surface area contributed by atoms with Crippen LogP contribution in [0.4, 0.5) is 5.69 Å². The minimum absolute atomic E-state index is 0.366. The van der Waals surface area contributed by atoms with Gasteiger partial charge >= 0.3 is 0 Å². The van der Waals surface area contributed by atoms with Gasteiger partial charge in [0.05, 0.1) is 0 Å². The molecule has 0 aliphatic carbocycles. The van der Waals surface area contributed by atoms with Gasteiger partial charge in [-0.15, -0.1) is 0 Å². The number of hydrogen-bond acceptors (Lipinski definition) is 3. The molecule has 0 saturated carbocycles. The summed E-state index contributed by atoms with van der Waals surface area (Å²) in [4.78, 5) is 4.06. The van der Waals surface area contributed by atoms with Gasteiger partial charge in [-0.05, 0) is 12.1 Å². The maximum atomic E-state index is 5.73. The molecule has 13 heavy (non-hydrogen) atoms. The Morgan fingerprint density at radius 1 is 1.38 bits per heavy atom. The van der Waals surface area contributed by atoms with Crippen LogP contribution in [0.15, 0.2) is 30.6 Å². The van der Waals surface area contributed by atoms with Crippen LogP contribution < -0.4 is 5.73 Å². The van der Waals surface area contributed by atoms with Gasteiger partial charge < -0.3 is 5.73 Å². The van der Waals surface area contributed by atoms with Crippen LogP contribution in [0.5, 0.6) is 0 Å². The van der Waals surface area contributed by atoms with E-state index in [9.17, 15) is 0 Å². The van der Waals surface area contributed by atoms with Gasteiger partial charge in [0.15, 0.2) is 5.82 Å². The SMILES string of the molecule is Nc1cc(Cl)nc(-n2cccn2)c1. The Hall–Kier alpha value is -1.55. The average molecular weight is 195 g/mol. The number of halogens is 1. The third kappa shape index (κ3) is 1.62. The van der Waals surface area contributed by atoms with Crippen LogP contribution in [-0.4, -0.2) is 14.8 Å². The summed E-state index contributed by atoms with van der Waals surface area (Å²) >= 11 is 5.73. The molecule has 0 aromatic carbocycles. The maximum absolute atomic E-state index is 5.73. The summed E-state index contributed by atoms with van der Waals surface area (Å²) in [5.41, 5.74) is 6.17. The predicted molar refractivity (Wildman–Crippen MR) is 50.8 cm³/mol. The molecule has 66 valence electrons. The molecule has 5 heteroatoms. The largest absolute Gasteiger partial charge is 0.399 e. The molecule has 0 saturated heterocycles. The van der Waals surface area contributed by atoms with E-state index in [1.165, 1.54) is 0 Å². The van der Waals surface area contributed by atoms with Crippen molar-refractivity contribution in [2.75, 3.05) is 5.73 Å². The van der Waals surface area contributed by atoms with Crippen molar-refractivity contribution in [2.24, 2.45) is 0 Å². The molecule has 0 bridgehead atoms. The number of nitrogens with zero attached hydrogens (tertiary/aromatic N) is 3. The third-order valence-corrected chi connectivity index (χ3v) is 1.74. The first kappa shape index (κ1) is 8.07. The second kappa shape index (κ2) is 3.06. The van der Waals surface area contributed by atoms with E-state index in [-0.39, 0.29) is 0 Å². The van der Waals surface area contributed by atoms with Crippen molar-refractivity contribution in [3.05, 3.63) is 35.7 Å².